The molecule has 134 valence electrons. The molecule has 0 saturated carbocycles. The topological polar surface area (TPSA) is 40.2 Å². The van der Waals surface area contributed by atoms with Crippen molar-refractivity contribution < 1.29 is 0 Å². The van der Waals surface area contributed by atoms with Gasteiger partial charge in [-0.05, 0) is 37.8 Å². The highest BCUT2D eigenvalue weighted by atomic mass is 32.1. The van der Waals surface area contributed by atoms with Gasteiger partial charge in [-0.25, -0.2) is 4.98 Å². The fourth-order valence-electron chi connectivity index (χ4n) is 4.24. The van der Waals surface area contributed by atoms with Gasteiger partial charge in [-0.1, -0.05) is 43.7 Å². The van der Waals surface area contributed by atoms with E-state index in [9.17, 15) is 0 Å². The molecule has 4 nitrogen and oxygen atoms in total. The summed E-state index contributed by atoms with van der Waals surface area (Å²) in [7, 11) is 0. The number of hydrogen-bond donors (Lipinski definition) is 2. The first-order valence-corrected chi connectivity index (χ1v) is 10.4. The molecule has 0 aliphatic carbocycles. The van der Waals surface area contributed by atoms with Gasteiger partial charge in [-0.15, -0.1) is 11.3 Å². The van der Waals surface area contributed by atoms with Gasteiger partial charge in [0, 0.05) is 35.8 Å². The van der Waals surface area contributed by atoms with Gasteiger partial charge < -0.3 is 0 Å². The molecular formula is C20H28N4S. The maximum absolute atomic E-state index is 4.62. The van der Waals surface area contributed by atoms with Crippen molar-refractivity contribution in [2.24, 2.45) is 11.8 Å². The van der Waals surface area contributed by atoms with E-state index >= 15 is 0 Å². The van der Waals surface area contributed by atoms with E-state index in [1.165, 1.54) is 42.8 Å². The number of rotatable bonds is 5. The molecule has 0 radical (unpaired) electrons. The van der Waals surface area contributed by atoms with Crippen molar-refractivity contribution in [3.63, 3.8) is 0 Å². The van der Waals surface area contributed by atoms with Crippen LogP contribution in [0.2, 0.25) is 0 Å². The molecule has 0 spiro atoms. The Bertz CT molecular complexity index is 663. The van der Waals surface area contributed by atoms with E-state index in [2.05, 4.69) is 64.2 Å². The molecule has 2 aliphatic rings. The van der Waals surface area contributed by atoms with Crippen LogP contribution in [0.5, 0.6) is 0 Å². The smallest absolute Gasteiger partial charge is 0.123 e. The quantitative estimate of drug-likeness (QED) is 0.860. The lowest BCUT2D eigenvalue weighted by atomic mass is 9.82. The van der Waals surface area contributed by atoms with Crippen molar-refractivity contribution in [1.29, 1.82) is 0 Å². The van der Waals surface area contributed by atoms with E-state index in [4.69, 9.17) is 0 Å². The first-order valence-electron chi connectivity index (χ1n) is 9.54. The predicted octanol–water partition coefficient (Wildman–Crippen LogP) is 3.52. The van der Waals surface area contributed by atoms with E-state index in [0.29, 0.717) is 6.04 Å². The minimum absolute atomic E-state index is 0.667. The summed E-state index contributed by atoms with van der Waals surface area (Å²) in [5, 5.41) is 1.14. The van der Waals surface area contributed by atoms with Crippen molar-refractivity contribution in [3.8, 4) is 10.6 Å². The van der Waals surface area contributed by atoms with Crippen LogP contribution in [0.15, 0.2) is 36.5 Å². The lowest BCUT2D eigenvalue weighted by molar-refractivity contribution is 0.144. The van der Waals surface area contributed by atoms with Gasteiger partial charge in [0.15, 0.2) is 0 Å². The highest BCUT2D eigenvalue weighted by Gasteiger charge is 2.34. The zero-order valence-corrected chi connectivity index (χ0v) is 15.8. The summed E-state index contributed by atoms with van der Waals surface area (Å²) in [6.07, 6.45) is 5.95. The maximum Gasteiger partial charge on any atom is 0.123 e. The third-order valence-electron chi connectivity index (χ3n) is 5.76. The molecular weight excluding hydrogens is 328 g/mol. The van der Waals surface area contributed by atoms with Crippen LogP contribution in [0.4, 0.5) is 0 Å². The van der Waals surface area contributed by atoms with Crippen LogP contribution in [0.3, 0.4) is 0 Å². The zero-order valence-electron chi connectivity index (χ0n) is 14.9. The predicted molar refractivity (Wildman–Crippen MR) is 104 cm³/mol. The molecule has 2 aliphatic heterocycles. The third-order valence-corrected chi connectivity index (χ3v) is 6.79. The van der Waals surface area contributed by atoms with Gasteiger partial charge in [-0.3, -0.25) is 15.8 Å². The Hall–Kier alpha value is -1.27. The van der Waals surface area contributed by atoms with Crippen LogP contribution in [-0.2, 0) is 6.54 Å². The SMILES string of the molecule is CCC1CNNC1C1CCN(Cc2cnc(-c3ccccc3)s2)CC1. The third kappa shape index (κ3) is 3.95. The Labute approximate surface area is 154 Å². The second-order valence-electron chi connectivity index (χ2n) is 7.33. The largest absolute Gasteiger partial charge is 0.298 e. The molecule has 0 bridgehead atoms. The van der Waals surface area contributed by atoms with Crippen molar-refractivity contribution in [2.75, 3.05) is 19.6 Å². The number of hydrogen-bond acceptors (Lipinski definition) is 5. The molecule has 2 fully saturated rings. The summed E-state index contributed by atoms with van der Waals surface area (Å²) >= 11 is 1.83. The van der Waals surface area contributed by atoms with E-state index in [1.54, 1.807) is 0 Å². The number of hydrazine groups is 1. The number of likely N-dealkylation sites (tertiary alicyclic amines) is 1. The number of thiazole rings is 1. The molecule has 2 atom stereocenters. The molecule has 2 saturated heterocycles. The molecule has 4 rings (SSSR count). The van der Waals surface area contributed by atoms with Crippen LogP contribution < -0.4 is 10.9 Å². The van der Waals surface area contributed by atoms with Gasteiger partial charge in [0.05, 0.1) is 0 Å². The minimum Gasteiger partial charge on any atom is -0.298 e. The summed E-state index contributed by atoms with van der Waals surface area (Å²) in [6, 6.07) is 11.2. The van der Waals surface area contributed by atoms with E-state index in [1.807, 2.05) is 11.3 Å². The Balaban J connectivity index is 1.31. The Morgan fingerprint density at radius 2 is 2.00 bits per heavy atom. The Morgan fingerprint density at radius 3 is 2.76 bits per heavy atom. The summed E-state index contributed by atoms with van der Waals surface area (Å²) < 4.78 is 0. The van der Waals surface area contributed by atoms with Crippen LogP contribution in [0.1, 0.15) is 31.1 Å². The first-order chi connectivity index (χ1) is 12.3. The molecule has 2 N–H and O–H groups in total. The fraction of sp³-hybridized carbons (Fsp3) is 0.550. The van der Waals surface area contributed by atoms with Gasteiger partial charge in [0.1, 0.15) is 5.01 Å². The van der Waals surface area contributed by atoms with Crippen LogP contribution >= 0.6 is 11.3 Å². The number of nitrogens with zero attached hydrogens (tertiary/aromatic N) is 2. The molecule has 1 aromatic heterocycles. The summed E-state index contributed by atoms with van der Waals surface area (Å²) in [6.45, 7) is 6.90. The second kappa shape index (κ2) is 7.96. The van der Waals surface area contributed by atoms with Gasteiger partial charge >= 0.3 is 0 Å². The molecule has 25 heavy (non-hydrogen) atoms. The summed E-state index contributed by atoms with van der Waals surface area (Å²) in [4.78, 5) is 8.60. The lowest BCUT2D eigenvalue weighted by Gasteiger charge is -2.36. The maximum atomic E-state index is 4.62. The van der Waals surface area contributed by atoms with E-state index in [-0.39, 0.29) is 0 Å². The average Bonchev–Trinajstić information content (AvgIpc) is 3.32. The van der Waals surface area contributed by atoms with Crippen molar-refractivity contribution in [1.82, 2.24) is 20.7 Å². The standard InChI is InChI=1S/C20H28N4S/c1-2-15-12-22-23-19(15)16-8-10-24(11-9-16)14-18-13-21-20(25-18)17-6-4-3-5-7-17/h3-7,13,15-16,19,22-23H,2,8-12,14H2,1H3. The molecule has 2 unspecified atom stereocenters. The average molecular weight is 357 g/mol. The highest BCUT2D eigenvalue weighted by Crippen LogP contribution is 2.30. The Kier molecular flexibility index (Phi) is 5.46. The van der Waals surface area contributed by atoms with Crippen molar-refractivity contribution >= 4 is 11.3 Å². The number of aromatic nitrogens is 1. The highest BCUT2D eigenvalue weighted by molar-refractivity contribution is 7.15. The number of piperidine rings is 1. The van der Waals surface area contributed by atoms with Gasteiger partial charge in [0.2, 0.25) is 0 Å². The first kappa shape index (κ1) is 17.2. The summed E-state index contributed by atoms with van der Waals surface area (Å²) in [5.74, 6) is 1.61. The van der Waals surface area contributed by atoms with Crippen LogP contribution in [0.25, 0.3) is 10.6 Å². The lowest BCUT2D eigenvalue weighted by Crippen LogP contribution is -2.44. The normalized spacial score (nSPS) is 25.5. The molecule has 1 aromatic carbocycles. The number of nitrogens with one attached hydrogen (secondary N) is 2. The molecule has 5 heteroatoms. The van der Waals surface area contributed by atoms with E-state index < -0.39 is 0 Å². The van der Waals surface area contributed by atoms with Crippen molar-refractivity contribution in [3.05, 3.63) is 41.4 Å². The monoisotopic (exact) mass is 356 g/mol. The Morgan fingerprint density at radius 1 is 1.20 bits per heavy atom. The summed E-state index contributed by atoms with van der Waals surface area (Å²) in [5.41, 5.74) is 8.13. The molecule has 0 amide bonds. The van der Waals surface area contributed by atoms with Crippen molar-refractivity contribution in [2.45, 2.75) is 38.8 Å². The van der Waals surface area contributed by atoms with Gasteiger partial charge in [-0.2, -0.15) is 0 Å². The van der Waals surface area contributed by atoms with Crippen LogP contribution in [-0.4, -0.2) is 35.6 Å². The molecule has 3 heterocycles. The number of benzene rings is 1. The fourth-order valence-corrected chi connectivity index (χ4v) is 5.20. The molecule has 2 aromatic rings. The second-order valence-corrected chi connectivity index (χ2v) is 8.45. The van der Waals surface area contributed by atoms with Gasteiger partial charge in [0.25, 0.3) is 0 Å². The van der Waals surface area contributed by atoms with Crippen LogP contribution in [0, 0.1) is 11.8 Å². The minimum atomic E-state index is 0.667. The zero-order chi connectivity index (χ0) is 17.1. The van der Waals surface area contributed by atoms with E-state index in [0.717, 1.165) is 29.9 Å².